The van der Waals surface area contributed by atoms with Crippen LogP contribution >= 0.6 is 0 Å². The first-order valence-electron chi connectivity index (χ1n) is 29.3. The molecule has 80 heavy (non-hydrogen) atoms. The summed E-state index contributed by atoms with van der Waals surface area (Å²) in [4.78, 5) is 38.3. The molecule has 1 amide bonds. The van der Waals surface area contributed by atoms with Crippen LogP contribution in [0.1, 0.15) is 147 Å². The number of benzene rings is 5. The third-order valence-electron chi connectivity index (χ3n) is 17.6. The minimum Gasteiger partial charge on any atom is -1.00 e. The van der Waals surface area contributed by atoms with Gasteiger partial charge in [0, 0.05) is 40.8 Å². The Bertz CT molecular complexity index is 3290. The molecule has 5 fully saturated rings. The van der Waals surface area contributed by atoms with Crippen molar-refractivity contribution in [3.8, 4) is 39.7 Å². The summed E-state index contributed by atoms with van der Waals surface area (Å²) in [5, 5.41) is 32.4. The fourth-order valence-electron chi connectivity index (χ4n) is 13.8. The number of amides is 1. The Balaban J connectivity index is 0.00000720. The predicted octanol–water partition coefficient (Wildman–Crippen LogP) is 10.4. The Morgan fingerprint density at radius 2 is 1.31 bits per heavy atom. The van der Waals surface area contributed by atoms with Crippen LogP contribution in [0.15, 0.2) is 124 Å². The van der Waals surface area contributed by atoms with Gasteiger partial charge in [-0.15, -0.1) is 5.10 Å². The number of rotatable bonds is 23. The number of nitrogens with zero attached hydrogens (tertiary/aromatic N) is 4. The smallest absolute Gasteiger partial charge is 0.336 e. The highest BCUT2D eigenvalue weighted by Crippen LogP contribution is 2.58. The van der Waals surface area contributed by atoms with Gasteiger partial charge in [0.1, 0.15) is 34.3 Å². The number of carbonyl (C=O) groups is 2. The molecule has 7 aliphatic rings. The normalized spacial score (nSPS) is 19.1. The fraction of sp³-hybridized carbons (Fsp3) is 0.439. The molecule has 3 heterocycles. The number of unbranched alkanes of at least 4 members (excludes halogenated alkanes) is 6. The van der Waals surface area contributed by atoms with Crippen LogP contribution in [0.2, 0.25) is 0 Å². The zero-order valence-corrected chi connectivity index (χ0v) is 48.3. The van der Waals surface area contributed by atoms with E-state index in [9.17, 15) is 24.6 Å². The number of carbonyl (C=O) groups excluding carboxylic acids is 1. The summed E-state index contributed by atoms with van der Waals surface area (Å²) in [5.41, 5.74) is 7.71. The summed E-state index contributed by atoms with van der Waals surface area (Å²) in [7, 11) is 2.47. The van der Waals surface area contributed by atoms with Crippen LogP contribution in [-0.4, -0.2) is 81.5 Å². The molecule has 0 unspecified atom stereocenters. The number of aryl methyl sites for hydroxylation is 1. The third kappa shape index (κ3) is 13.4. The van der Waals surface area contributed by atoms with Gasteiger partial charge in [0.2, 0.25) is 0 Å². The van der Waals surface area contributed by atoms with Crippen molar-refractivity contribution in [2.24, 2.45) is 23.7 Å². The van der Waals surface area contributed by atoms with Gasteiger partial charge in [0.25, 0.3) is 5.91 Å². The van der Waals surface area contributed by atoms with Crippen LogP contribution in [0.4, 0.5) is 0 Å². The first kappa shape index (κ1) is 56.7. The molecule has 4 bridgehead atoms. The molecule has 4 aromatic carbocycles. The summed E-state index contributed by atoms with van der Waals surface area (Å²) in [5.74, 6) is 3.55. The molecule has 5 aromatic rings. The lowest BCUT2D eigenvalue weighted by molar-refractivity contribution is -0.909. The second-order valence-corrected chi connectivity index (χ2v) is 23.5. The Kier molecular flexibility index (Phi) is 18.4. The van der Waals surface area contributed by atoms with E-state index in [-0.39, 0.29) is 64.2 Å². The molecule has 420 valence electrons. The summed E-state index contributed by atoms with van der Waals surface area (Å²) >= 11 is 0. The number of hydrogen-bond acceptors (Lipinski definition) is 9. The number of aromatic hydroxyl groups is 1. The molecule has 1 aromatic heterocycles. The van der Waals surface area contributed by atoms with E-state index in [1.54, 1.807) is 34.5 Å². The first-order valence-corrected chi connectivity index (χ1v) is 29.3. The lowest BCUT2D eigenvalue weighted by Gasteiger charge is -2.52. The van der Waals surface area contributed by atoms with Gasteiger partial charge in [0.05, 0.1) is 58.2 Å². The predicted molar refractivity (Wildman–Crippen MR) is 307 cm³/mol. The number of phenolic OH excluding ortho intramolecular Hbond substituents is 1. The lowest BCUT2D eigenvalue weighted by Crippen LogP contribution is -3.00. The molecule has 2 aliphatic heterocycles. The number of carboxylic acids is 1. The number of halogens is 1. The van der Waals surface area contributed by atoms with Crippen LogP contribution in [-0.2, 0) is 13.1 Å². The minimum absolute atomic E-state index is 0. The van der Waals surface area contributed by atoms with Crippen molar-refractivity contribution in [2.75, 3.05) is 39.9 Å². The first-order chi connectivity index (χ1) is 38.5. The summed E-state index contributed by atoms with van der Waals surface area (Å²) in [6, 6.07) is 31.2. The number of quaternary nitrogens is 1. The van der Waals surface area contributed by atoms with E-state index in [2.05, 4.69) is 71.2 Å². The second kappa shape index (κ2) is 25.9. The highest BCUT2D eigenvalue weighted by atomic mass is 127. The van der Waals surface area contributed by atoms with Gasteiger partial charge >= 0.3 is 5.97 Å². The monoisotopic (exact) mass is 1190 g/mol. The highest BCUT2D eigenvalue weighted by molar-refractivity contribution is 6.09. The van der Waals surface area contributed by atoms with Crippen LogP contribution in [0.25, 0.3) is 39.0 Å². The van der Waals surface area contributed by atoms with Crippen LogP contribution in [0, 0.1) is 23.7 Å². The zero-order chi connectivity index (χ0) is 54.3. The van der Waals surface area contributed by atoms with Crippen molar-refractivity contribution < 1.29 is 62.2 Å². The van der Waals surface area contributed by atoms with Gasteiger partial charge in [-0.2, -0.15) is 0 Å². The van der Waals surface area contributed by atoms with Gasteiger partial charge in [-0.1, -0.05) is 47.5 Å². The Labute approximate surface area is 486 Å². The quantitative estimate of drug-likeness (QED) is 0.0243. The average Bonchev–Trinajstić information content (AvgIpc) is 3.45. The molecule has 1 saturated heterocycles. The largest absolute Gasteiger partial charge is 1.00 e. The number of aromatic nitrogens is 3. The molecular formula is C66H76IN5O8. The summed E-state index contributed by atoms with van der Waals surface area (Å²) < 4.78 is 21.6. The molecule has 14 heteroatoms. The molecule has 0 spiro atoms. The molecule has 13 nitrogen and oxygen atoms in total. The maximum absolute atomic E-state index is 13.4. The van der Waals surface area contributed by atoms with Gasteiger partial charge < -0.3 is 57.9 Å². The Hall–Kier alpha value is -6.52. The summed E-state index contributed by atoms with van der Waals surface area (Å²) in [6.07, 6.45) is 23.1. The van der Waals surface area contributed by atoms with E-state index in [0.29, 0.717) is 52.8 Å². The van der Waals surface area contributed by atoms with Crippen LogP contribution in [0.5, 0.6) is 17.2 Å². The number of likely N-dealkylation sites (tertiary alicyclic amines) is 1. The van der Waals surface area contributed by atoms with Crippen molar-refractivity contribution in [1.29, 1.82) is 0 Å². The molecule has 0 radical (unpaired) electrons. The maximum Gasteiger partial charge on any atom is 0.336 e. The SMILES string of the molecule is C[N+]1(CCCCCCOc2ccc(C(=C3C4CC5CC(C4)CC3C5)c3ccc(OCCCCCCn4cc(CNC(=O)c5ccc(-c6c7ccc(=O)cc-7oc7cc(O)ccc67)c(C(=O)O)c5)nn4)cc3)cc2)CCCCCC1.[I-]. The van der Waals surface area contributed by atoms with E-state index in [1.807, 2.05) is 6.20 Å². The lowest BCUT2D eigenvalue weighted by atomic mass is 9.53. The van der Waals surface area contributed by atoms with E-state index in [0.717, 1.165) is 62.0 Å². The molecule has 12 rings (SSSR count). The number of fused-ring (bicyclic) bond motifs is 2. The van der Waals surface area contributed by atoms with Gasteiger partial charge in [0.15, 0.2) is 5.43 Å². The van der Waals surface area contributed by atoms with Crippen molar-refractivity contribution in [3.63, 3.8) is 0 Å². The van der Waals surface area contributed by atoms with Crippen molar-refractivity contribution in [1.82, 2.24) is 20.3 Å². The summed E-state index contributed by atoms with van der Waals surface area (Å²) in [6.45, 7) is 6.26. The minimum atomic E-state index is -1.23. The van der Waals surface area contributed by atoms with Gasteiger partial charge in [-0.25, -0.2) is 4.79 Å². The molecular weight excluding hydrogens is 1120 g/mol. The number of allylic oxidation sites excluding steroid dienone is 1. The van der Waals surface area contributed by atoms with E-state index in [1.165, 1.54) is 148 Å². The van der Waals surface area contributed by atoms with Crippen LogP contribution < -0.4 is 44.2 Å². The number of hydrogen-bond donors (Lipinski definition) is 3. The number of nitrogens with one attached hydrogen (secondary N) is 1. The van der Waals surface area contributed by atoms with Crippen molar-refractivity contribution >= 4 is 28.4 Å². The standard InChI is InChI=1S/C66H75N5O8.HI/c1-71(29-9-3-4-10-30-71)31-11-5-7-13-33-78-55-23-16-47(17-24-55)62(63-49-35-44-34-45(37-49)38-50(63)36-44)46-14-21-54(22-15-46)77-32-12-6-2-8-28-70-43-51(68-69-70)42-67-65(74)48-18-25-56(59(39-48)66(75)76)64-57-26-19-52(72)40-60(57)79-61-41-53(73)20-27-58(61)64;/h14-27,39-41,43-45,49-50H,2-13,28-38,42H2,1H3,(H2-,67,72,73,74,75,76);1H. The van der Waals surface area contributed by atoms with Crippen molar-refractivity contribution in [3.05, 3.63) is 153 Å². The average molecular weight is 1190 g/mol. The number of aromatic carboxylic acids is 1. The topological polar surface area (TPSA) is 166 Å². The molecule has 3 N–H and O–H groups in total. The Morgan fingerprint density at radius 3 is 1.96 bits per heavy atom. The highest BCUT2D eigenvalue weighted by Gasteiger charge is 2.46. The molecule has 0 atom stereocenters. The Morgan fingerprint density at radius 1 is 0.700 bits per heavy atom. The third-order valence-corrected chi connectivity index (χ3v) is 17.6. The zero-order valence-electron chi connectivity index (χ0n) is 46.2. The number of carboxylic acid groups (broad SMARTS) is 1. The van der Waals surface area contributed by atoms with E-state index >= 15 is 0 Å². The van der Waals surface area contributed by atoms with Crippen LogP contribution in [0.3, 0.4) is 0 Å². The number of phenols is 1. The van der Waals surface area contributed by atoms with Gasteiger partial charge in [-0.05, 0) is 209 Å². The fourth-order valence-corrected chi connectivity index (χ4v) is 13.8. The maximum atomic E-state index is 13.4. The van der Waals surface area contributed by atoms with Crippen molar-refractivity contribution in [2.45, 2.75) is 122 Å². The number of ether oxygens (including phenoxy) is 2. The van der Waals surface area contributed by atoms with E-state index < -0.39 is 11.9 Å². The second-order valence-electron chi connectivity index (χ2n) is 23.5. The van der Waals surface area contributed by atoms with Gasteiger partial charge in [-0.3, -0.25) is 14.3 Å². The molecule has 5 aliphatic carbocycles. The van der Waals surface area contributed by atoms with E-state index in [4.69, 9.17) is 13.9 Å². The molecule has 4 saturated carbocycles.